The summed E-state index contributed by atoms with van der Waals surface area (Å²) in [5, 5.41) is 8.66. The second-order valence-corrected chi connectivity index (χ2v) is 5.95. The van der Waals surface area contributed by atoms with Crippen LogP contribution >= 0.6 is 0 Å². The molecule has 1 aromatic carbocycles. The van der Waals surface area contributed by atoms with Crippen LogP contribution in [0.2, 0.25) is 0 Å². The third kappa shape index (κ3) is 4.04. The van der Waals surface area contributed by atoms with Crippen molar-refractivity contribution in [1.82, 2.24) is 0 Å². The normalized spacial score (nSPS) is 14.9. The van der Waals surface area contributed by atoms with Crippen molar-refractivity contribution < 1.29 is 66.6 Å². The fourth-order valence-electron chi connectivity index (χ4n) is 2.39. The van der Waals surface area contributed by atoms with E-state index in [9.17, 15) is 61.5 Å². The van der Waals surface area contributed by atoms with Crippen molar-refractivity contribution >= 4 is 0 Å². The lowest BCUT2D eigenvalue weighted by atomic mass is 9.86. The van der Waals surface area contributed by atoms with Crippen LogP contribution in [0, 0.1) is 0 Å². The van der Waals surface area contributed by atoms with Crippen LogP contribution < -0.4 is 0 Å². The number of aliphatic hydroxyl groups is 1. The molecule has 0 aromatic heterocycles. The van der Waals surface area contributed by atoms with E-state index in [4.69, 9.17) is 5.11 Å². The van der Waals surface area contributed by atoms with E-state index in [1.165, 1.54) is 0 Å². The topological polar surface area (TPSA) is 20.2 Å². The van der Waals surface area contributed by atoms with Crippen molar-refractivity contribution in [3.8, 4) is 0 Å². The Balaban J connectivity index is 3.88. The van der Waals surface area contributed by atoms with E-state index in [0.717, 1.165) is 0 Å². The van der Waals surface area contributed by atoms with Crippen molar-refractivity contribution in [3.05, 3.63) is 34.9 Å². The van der Waals surface area contributed by atoms with Crippen molar-refractivity contribution in [3.63, 3.8) is 0 Å². The van der Waals surface area contributed by atoms with Crippen LogP contribution in [0.25, 0.3) is 0 Å². The summed E-state index contributed by atoms with van der Waals surface area (Å²) in [5.74, 6) is -26.4. The lowest BCUT2D eigenvalue weighted by Crippen LogP contribution is -2.52. The summed E-state index contributed by atoms with van der Waals surface area (Å²) in [5.41, 5.74) is -7.07. The van der Waals surface area contributed by atoms with Gasteiger partial charge in [0, 0.05) is 17.7 Å². The van der Waals surface area contributed by atoms with Crippen LogP contribution in [-0.4, -0.2) is 35.9 Å². The number of rotatable bonds is 7. The molecule has 0 unspecified atom stereocenters. The maximum absolute atomic E-state index is 14.0. The van der Waals surface area contributed by atoms with Crippen LogP contribution in [0.1, 0.15) is 23.1 Å². The molecule has 0 radical (unpaired) electrons. The third-order valence-corrected chi connectivity index (χ3v) is 3.94. The van der Waals surface area contributed by atoms with Crippen LogP contribution in [0.15, 0.2) is 18.2 Å². The molecule has 1 rings (SSSR count). The van der Waals surface area contributed by atoms with Gasteiger partial charge in [0.05, 0.1) is 0 Å². The zero-order valence-electron chi connectivity index (χ0n) is 14.1. The first-order chi connectivity index (χ1) is 13.2. The van der Waals surface area contributed by atoms with Gasteiger partial charge in [-0.05, 0) is 18.4 Å². The fraction of sp³-hybridized carbons (Fsp3) is 0.600. The van der Waals surface area contributed by atoms with Gasteiger partial charge in [0.1, 0.15) is 0 Å². The Labute approximate surface area is 158 Å². The first-order valence-corrected chi connectivity index (χ1v) is 7.56. The van der Waals surface area contributed by atoms with Gasteiger partial charge in [-0.15, -0.1) is 0 Å². The molecule has 1 N–H and O–H groups in total. The van der Waals surface area contributed by atoms with Gasteiger partial charge >= 0.3 is 36.0 Å². The Morgan fingerprint density at radius 3 is 1.20 bits per heavy atom. The van der Waals surface area contributed by atoms with Crippen LogP contribution in [0.5, 0.6) is 0 Å². The molecule has 0 heterocycles. The Hall–Kier alpha value is -1.80. The Morgan fingerprint density at radius 2 is 0.933 bits per heavy atom. The van der Waals surface area contributed by atoms with Gasteiger partial charge in [0.2, 0.25) is 0 Å². The van der Waals surface area contributed by atoms with E-state index in [-0.39, 0.29) is 18.2 Å². The molecule has 1 aromatic rings. The van der Waals surface area contributed by atoms with Gasteiger partial charge in [0.25, 0.3) is 0 Å². The maximum Gasteiger partial charge on any atom is 0.460 e. The second kappa shape index (κ2) is 7.71. The number of benzene rings is 1. The summed E-state index contributed by atoms with van der Waals surface area (Å²) in [7, 11) is 0. The Morgan fingerprint density at radius 1 is 0.600 bits per heavy atom. The first kappa shape index (κ1) is 26.2. The highest BCUT2D eigenvalue weighted by molar-refractivity contribution is 5.43. The summed E-state index contributed by atoms with van der Waals surface area (Å²) in [6.45, 7) is -1.07. The van der Waals surface area contributed by atoms with Crippen molar-refractivity contribution in [1.29, 1.82) is 0 Å². The monoisotopic (exact) mass is 472 g/mol. The molecule has 0 saturated heterocycles. The SMILES string of the molecule is OCCCc1c(C(F)(F)C(F)(F)C(F)(F)F)cccc1C(F)(F)C(F)(F)C(F)(F)F. The molecule has 0 atom stereocenters. The molecule has 0 bridgehead atoms. The molecule has 1 nitrogen and oxygen atoms in total. The van der Waals surface area contributed by atoms with E-state index < -0.39 is 72.2 Å². The average molecular weight is 472 g/mol. The van der Waals surface area contributed by atoms with Gasteiger partial charge in [0.15, 0.2) is 0 Å². The molecule has 15 heteroatoms. The molecule has 0 aliphatic carbocycles. The first-order valence-electron chi connectivity index (χ1n) is 7.56. The number of hydrogen-bond donors (Lipinski definition) is 1. The predicted molar refractivity (Wildman–Crippen MR) is 71.6 cm³/mol. The van der Waals surface area contributed by atoms with E-state index in [1.54, 1.807) is 0 Å². The summed E-state index contributed by atoms with van der Waals surface area (Å²) >= 11 is 0. The number of hydrogen-bond acceptors (Lipinski definition) is 1. The molecule has 0 aliphatic rings. The summed E-state index contributed by atoms with van der Waals surface area (Å²) in [4.78, 5) is 0. The van der Waals surface area contributed by atoms with Gasteiger partial charge in [-0.1, -0.05) is 18.2 Å². The molecular formula is C15H10F14O. The highest BCUT2D eigenvalue weighted by Gasteiger charge is 2.76. The highest BCUT2D eigenvalue weighted by atomic mass is 19.4. The minimum atomic E-state index is -6.93. The van der Waals surface area contributed by atoms with Crippen LogP contribution in [0.4, 0.5) is 61.5 Å². The molecular weight excluding hydrogens is 462 g/mol. The van der Waals surface area contributed by atoms with Crippen molar-refractivity contribution in [2.75, 3.05) is 6.61 Å². The van der Waals surface area contributed by atoms with E-state index in [0.29, 0.717) is 0 Å². The summed E-state index contributed by atoms with van der Waals surface area (Å²) in [6.07, 6.45) is -16.2. The molecule has 0 spiro atoms. The number of alkyl halides is 14. The molecule has 0 fully saturated rings. The lowest BCUT2D eigenvalue weighted by molar-refractivity contribution is -0.361. The largest absolute Gasteiger partial charge is 0.460 e. The number of halogens is 14. The highest BCUT2D eigenvalue weighted by Crippen LogP contribution is 2.56. The molecule has 30 heavy (non-hydrogen) atoms. The van der Waals surface area contributed by atoms with Crippen molar-refractivity contribution in [2.45, 2.75) is 48.9 Å². The minimum Gasteiger partial charge on any atom is -0.396 e. The molecule has 0 saturated carbocycles. The van der Waals surface area contributed by atoms with Crippen LogP contribution in [-0.2, 0) is 18.3 Å². The molecule has 0 aliphatic heterocycles. The van der Waals surface area contributed by atoms with Gasteiger partial charge in [-0.3, -0.25) is 0 Å². The van der Waals surface area contributed by atoms with Gasteiger partial charge in [-0.2, -0.15) is 61.5 Å². The summed E-state index contributed by atoms with van der Waals surface area (Å²) < 4.78 is 184. The predicted octanol–water partition coefficient (Wildman–Crippen LogP) is 6.19. The average Bonchev–Trinajstić information content (AvgIpc) is 2.57. The Kier molecular flexibility index (Phi) is 6.75. The van der Waals surface area contributed by atoms with E-state index >= 15 is 0 Å². The second-order valence-electron chi connectivity index (χ2n) is 5.95. The Bertz CT molecular complexity index is 690. The standard InChI is InChI=1S/C15H10F14O/c16-10(17,12(20,21)14(24,25)26)8-4-1-5-9(7(8)3-2-6-30)11(18,19)13(22,23)15(27,28)29/h1,4-5,30H,2-3,6H2. The maximum atomic E-state index is 14.0. The summed E-state index contributed by atoms with van der Waals surface area (Å²) in [6, 6.07) is -0.566. The van der Waals surface area contributed by atoms with Gasteiger partial charge in [-0.25, -0.2) is 0 Å². The number of aliphatic hydroxyl groups excluding tert-OH is 1. The van der Waals surface area contributed by atoms with Crippen LogP contribution in [0.3, 0.4) is 0 Å². The zero-order chi connectivity index (χ0) is 24.0. The lowest BCUT2D eigenvalue weighted by Gasteiger charge is -2.33. The van der Waals surface area contributed by atoms with Gasteiger partial charge < -0.3 is 5.11 Å². The van der Waals surface area contributed by atoms with E-state index in [2.05, 4.69) is 0 Å². The zero-order valence-corrected chi connectivity index (χ0v) is 14.1. The van der Waals surface area contributed by atoms with Crippen molar-refractivity contribution in [2.24, 2.45) is 0 Å². The molecule has 174 valence electrons. The third-order valence-electron chi connectivity index (χ3n) is 3.94. The minimum absolute atomic E-state index is 0.0894. The van der Waals surface area contributed by atoms with E-state index in [1.807, 2.05) is 0 Å². The molecule has 0 amide bonds. The fourth-order valence-corrected chi connectivity index (χ4v) is 2.39. The quantitative estimate of drug-likeness (QED) is 0.470. The smallest absolute Gasteiger partial charge is 0.396 e.